The van der Waals surface area contributed by atoms with Crippen molar-refractivity contribution >= 4 is 29.9 Å². The van der Waals surface area contributed by atoms with Crippen LogP contribution in [-0.4, -0.2) is 40.5 Å². The lowest BCUT2D eigenvalue weighted by atomic mass is 10.1. The average molecular weight is 512 g/mol. The fraction of sp³-hybridized carbons (Fsp3) is 0.571. The molecular weight excluding hydrogens is 479 g/mol. The van der Waals surface area contributed by atoms with Crippen LogP contribution >= 0.6 is 24.0 Å². The Labute approximate surface area is 190 Å². The van der Waals surface area contributed by atoms with Crippen molar-refractivity contribution in [3.05, 3.63) is 47.5 Å². The van der Waals surface area contributed by atoms with Crippen molar-refractivity contribution in [2.24, 2.45) is 18.0 Å². The van der Waals surface area contributed by atoms with Crippen LogP contribution < -0.4 is 10.6 Å². The zero-order valence-corrected chi connectivity index (χ0v) is 19.9. The van der Waals surface area contributed by atoms with Gasteiger partial charge in [0.15, 0.2) is 11.8 Å². The molecule has 1 aliphatic rings. The SMILES string of the molecule is Cc1nnc(CN=C(NCCCOCC2CC2)NC(C)c2ccccc2)n1C.I. The first-order chi connectivity index (χ1) is 13.6. The van der Waals surface area contributed by atoms with Crippen molar-refractivity contribution in [3.8, 4) is 0 Å². The van der Waals surface area contributed by atoms with Gasteiger partial charge in [0.2, 0.25) is 0 Å². The number of nitrogens with zero attached hydrogens (tertiary/aromatic N) is 4. The third kappa shape index (κ3) is 7.93. The van der Waals surface area contributed by atoms with Crippen molar-refractivity contribution < 1.29 is 4.74 Å². The predicted octanol–water partition coefficient (Wildman–Crippen LogP) is 3.35. The number of aliphatic imine (C=N–C) groups is 1. The summed E-state index contributed by atoms with van der Waals surface area (Å²) >= 11 is 0. The molecule has 0 amide bonds. The number of guanidine groups is 1. The normalized spacial score (nSPS) is 14.9. The number of hydrogen-bond donors (Lipinski definition) is 2. The first-order valence-corrected chi connectivity index (χ1v) is 10.2. The lowest BCUT2D eigenvalue weighted by Crippen LogP contribution is -2.39. The number of hydrogen-bond acceptors (Lipinski definition) is 4. The molecule has 0 spiro atoms. The molecule has 0 radical (unpaired) electrons. The van der Waals surface area contributed by atoms with Gasteiger partial charge in [-0.15, -0.1) is 34.2 Å². The van der Waals surface area contributed by atoms with Crippen LogP contribution in [0.4, 0.5) is 0 Å². The van der Waals surface area contributed by atoms with Gasteiger partial charge in [0.25, 0.3) is 0 Å². The number of aromatic nitrogens is 3. The van der Waals surface area contributed by atoms with Gasteiger partial charge in [-0.3, -0.25) is 0 Å². The van der Waals surface area contributed by atoms with Crippen LogP contribution in [-0.2, 0) is 18.3 Å². The number of benzene rings is 1. The summed E-state index contributed by atoms with van der Waals surface area (Å²) in [5.74, 6) is 3.32. The van der Waals surface area contributed by atoms with Gasteiger partial charge in [-0.1, -0.05) is 30.3 Å². The molecule has 1 fully saturated rings. The summed E-state index contributed by atoms with van der Waals surface area (Å²) in [6.07, 6.45) is 3.62. The maximum absolute atomic E-state index is 5.72. The number of rotatable bonds is 10. The number of ether oxygens (including phenoxy) is 1. The quantitative estimate of drug-likeness (QED) is 0.221. The van der Waals surface area contributed by atoms with Gasteiger partial charge in [-0.25, -0.2) is 4.99 Å². The largest absolute Gasteiger partial charge is 0.381 e. The van der Waals surface area contributed by atoms with E-state index < -0.39 is 0 Å². The molecule has 2 N–H and O–H groups in total. The maximum Gasteiger partial charge on any atom is 0.192 e. The molecule has 1 saturated carbocycles. The van der Waals surface area contributed by atoms with E-state index in [1.807, 2.05) is 24.6 Å². The Morgan fingerprint density at radius 1 is 1.28 bits per heavy atom. The van der Waals surface area contributed by atoms with E-state index in [2.05, 4.69) is 52.0 Å². The highest BCUT2D eigenvalue weighted by atomic mass is 127. The van der Waals surface area contributed by atoms with Gasteiger partial charge in [0.05, 0.1) is 6.04 Å². The first-order valence-electron chi connectivity index (χ1n) is 10.2. The number of aryl methyl sites for hydroxylation is 1. The lowest BCUT2D eigenvalue weighted by molar-refractivity contribution is 0.123. The zero-order valence-electron chi connectivity index (χ0n) is 17.6. The van der Waals surface area contributed by atoms with E-state index in [1.54, 1.807) is 0 Å². The third-order valence-corrected chi connectivity index (χ3v) is 5.02. The van der Waals surface area contributed by atoms with Crippen LogP contribution in [0.5, 0.6) is 0 Å². The van der Waals surface area contributed by atoms with Gasteiger partial charge in [-0.05, 0) is 44.6 Å². The lowest BCUT2D eigenvalue weighted by Gasteiger charge is -2.19. The summed E-state index contributed by atoms with van der Waals surface area (Å²) in [5, 5.41) is 15.2. The molecular formula is C21H33IN6O. The van der Waals surface area contributed by atoms with Crippen LogP contribution in [0.15, 0.2) is 35.3 Å². The minimum absolute atomic E-state index is 0. The third-order valence-electron chi connectivity index (χ3n) is 5.02. The molecule has 1 aromatic heterocycles. The van der Waals surface area contributed by atoms with Crippen molar-refractivity contribution in [3.63, 3.8) is 0 Å². The summed E-state index contributed by atoms with van der Waals surface area (Å²) in [5.41, 5.74) is 1.22. The smallest absolute Gasteiger partial charge is 0.192 e. The van der Waals surface area contributed by atoms with E-state index in [0.29, 0.717) is 6.54 Å². The van der Waals surface area contributed by atoms with Crippen LogP contribution in [0.2, 0.25) is 0 Å². The second-order valence-corrected chi connectivity index (χ2v) is 7.46. The number of nitrogens with one attached hydrogen (secondary N) is 2. The topological polar surface area (TPSA) is 76.4 Å². The molecule has 29 heavy (non-hydrogen) atoms. The summed E-state index contributed by atoms with van der Waals surface area (Å²) in [4.78, 5) is 4.72. The molecule has 8 heteroatoms. The molecule has 2 aromatic rings. The molecule has 1 unspecified atom stereocenters. The number of halogens is 1. The van der Waals surface area contributed by atoms with Crippen LogP contribution in [0.1, 0.15) is 49.4 Å². The van der Waals surface area contributed by atoms with Crippen LogP contribution in [0, 0.1) is 12.8 Å². The molecule has 0 saturated heterocycles. The molecule has 160 valence electrons. The van der Waals surface area contributed by atoms with Crippen molar-refractivity contribution in [2.75, 3.05) is 19.8 Å². The molecule has 1 aromatic carbocycles. The van der Waals surface area contributed by atoms with Gasteiger partial charge < -0.3 is 19.9 Å². The highest BCUT2D eigenvalue weighted by molar-refractivity contribution is 14.0. The first kappa shape index (κ1) is 23.6. The summed E-state index contributed by atoms with van der Waals surface area (Å²) in [7, 11) is 1.96. The monoisotopic (exact) mass is 512 g/mol. The van der Waals surface area contributed by atoms with E-state index in [4.69, 9.17) is 9.73 Å². The fourth-order valence-corrected chi connectivity index (χ4v) is 2.84. The van der Waals surface area contributed by atoms with E-state index >= 15 is 0 Å². The average Bonchev–Trinajstić information content (AvgIpc) is 3.49. The summed E-state index contributed by atoms with van der Waals surface area (Å²) in [6.45, 7) is 7.07. The van der Waals surface area contributed by atoms with Gasteiger partial charge in [0, 0.05) is 26.8 Å². The Balaban J connectivity index is 0.00000300. The van der Waals surface area contributed by atoms with Gasteiger partial charge in [0.1, 0.15) is 12.4 Å². The van der Waals surface area contributed by atoms with E-state index in [1.165, 1.54) is 18.4 Å². The van der Waals surface area contributed by atoms with E-state index in [0.717, 1.165) is 49.7 Å². The standard InChI is InChI=1S/C21H32N6O.HI/c1-16(19-8-5-4-6-9-19)24-21(22-12-7-13-28-15-18-10-11-18)23-14-20-26-25-17(2)27(20)3;/h4-6,8-9,16,18H,7,10-15H2,1-3H3,(H2,22,23,24);1H. The van der Waals surface area contributed by atoms with Crippen molar-refractivity contribution in [2.45, 2.75) is 45.7 Å². The highest BCUT2D eigenvalue weighted by Gasteiger charge is 2.20. The molecule has 0 bridgehead atoms. The zero-order chi connectivity index (χ0) is 19.8. The Kier molecular flexibility index (Phi) is 9.86. The Morgan fingerprint density at radius 2 is 2.03 bits per heavy atom. The second-order valence-electron chi connectivity index (χ2n) is 7.46. The molecule has 7 nitrogen and oxygen atoms in total. The minimum atomic E-state index is 0. The summed E-state index contributed by atoms with van der Waals surface area (Å²) in [6, 6.07) is 10.5. The van der Waals surface area contributed by atoms with Crippen LogP contribution in [0.25, 0.3) is 0 Å². The van der Waals surface area contributed by atoms with Crippen LogP contribution in [0.3, 0.4) is 0 Å². The van der Waals surface area contributed by atoms with E-state index in [9.17, 15) is 0 Å². The molecule has 1 aliphatic carbocycles. The molecule has 0 aliphatic heterocycles. The van der Waals surface area contributed by atoms with Crippen molar-refractivity contribution in [1.82, 2.24) is 25.4 Å². The highest BCUT2D eigenvalue weighted by Crippen LogP contribution is 2.28. The van der Waals surface area contributed by atoms with E-state index in [-0.39, 0.29) is 30.0 Å². The Bertz CT molecular complexity index is 760. The minimum Gasteiger partial charge on any atom is -0.381 e. The van der Waals surface area contributed by atoms with Crippen molar-refractivity contribution in [1.29, 1.82) is 0 Å². The predicted molar refractivity (Wildman–Crippen MR) is 126 cm³/mol. The maximum atomic E-state index is 5.72. The van der Waals surface area contributed by atoms with Gasteiger partial charge >= 0.3 is 0 Å². The Morgan fingerprint density at radius 3 is 2.69 bits per heavy atom. The summed E-state index contributed by atoms with van der Waals surface area (Å²) < 4.78 is 7.68. The Hall–Kier alpha value is -1.68. The molecule has 1 heterocycles. The molecule has 1 atom stereocenters. The molecule has 3 rings (SSSR count). The second kappa shape index (κ2) is 12.1. The van der Waals surface area contributed by atoms with Gasteiger partial charge in [-0.2, -0.15) is 0 Å². The fourth-order valence-electron chi connectivity index (χ4n) is 2.84.